The molecule has 11 heteroatoms. The Balaban J connectivity index is 1.30. The Morgan fingerprint density at radius 1 is 1.05 bits per heavy atom. The zero-order chi connectivity index (χ0) is 29.4. The van der Waals surface area contributed by atoms with Crippen molar-refractivity contribution >= 4 is 33.2 Å². The van der Waals surface area contributed by atoms with Crippen LogP contribution in [0.1, 0.15) is 39.7 Å². The molecule has 42 heavy (non-hydrogen) atoms. The highest BCUT2D eigenvalue weighted by Gasteiger charge is 2.41. The van der Waals surface area contributed by atoms with E-state index in [0.29, 0.717) is 23.8 Å². The molecule has 2 aliphatic rings. The summed E-state index contributed by atoms with van der Waals surface area (Å²) < 4.78 is 29.0. The van der Waals surface area contributed by atoms with Crippen molar-refractivity contribution in [2.24, 2.45) is 0 Å². The number of imidazole rings is 1. The van der Waals surface area contributed by atoms with Crippen LogP contribution in [0, 0.1) is 6.92 Å². The van der Waals surface area contributed by atoms with E-state index in [2.05, 4.69) is 21.3 Å². The van der Waals surface area contributed by atoms with Gasteiger partial charge in [-0.2, -0.15) is 4.31 Å². The number of carbonyl (C=O) groups is 1. The first kappa shape index (κ1) is 28.5. The molecule has 1 aliphatic carbocycles. The maximum atomic E-state index is 13.8. The predicted molar refractivity (Wildman–Crippen MR) is 163 cm³/mol. The fourth-order valence-corrected chi connectivity index (χ4v) is 7.36. The molecule has 218 valence electrons. The fraction of sp³-hybridized carbons (Fsp3) is 0.323. The molecule has 0 spiro atoms. The first-order valence-electron chi connectivity index (χ1n) is 14.0. The SMILES string of the molecule is Cc1cn(Cc2cccc(NC(=O)[C@H]3CN([C@H]4c5ccc(Cl)cc5CCc5cccnc54)CCN3S(C)(=O)=O)c2)cn1. The van der Waals surface area contributed by atoms with Gasteiger partial charge in [-0.25, -0.2) is 13.4 Å². The van der Waals surface area contributed by atoms with Gasteiger partial charge in [-0.3, -0.25) is 14.7 Å². The third kappa shape index (κ3) is 5.98. The number of anilines is 1. The number of benzene rings is 2. The van der Waals surface area contributed by atoms with Crippen molar-refractivity contribution in [1.82, 2.24) is 23.7 Å². The molecule has 1 amide bonds. The summed E-state index contributed by atoms with van der Waals surface area (Å²) in [5.41, 5.74) is 6.85. The van der Waals surface area contributed by atoms with Gasteiger partial charge >= 0.3 is 0 Å². The van der Waals surface area contributed by atoms with Crippen LogP contribution in [0.25, 0.3) is 0 Å². The first-order valence-corrected chi connectivity index (χ1v) is 16.2. The van der Waals surface area contributed by atoms with E-state index in [1.54, 1.807) is 12.5 Å². The minimum absolute atomic E-state index is 0.193. The number of hydrogen-bond acceptors (Lipinski definition) is 6. The molecule has 2 aromatic heterocycles. The fourth-order valence-electron chi connectivity index (χ4n) is 6.13. The van der Waals surface area contributed by atoms with Gasteiger partial charge in [0.15, 0.2) is 0 Å². The Morgan fingerprint density at radius 3 is 2.67 bits per heavy atom. The Kier molecular flexibility index (Phi) is 7.89. The number of rotatable bonds is 6. The van der Waals surface area contributed by atoms with Gasteiger partial charge in [-0.1, -0.05) is 35.9 Å². The van der Waals surface area contributed by atoms with Gasteiger partial charge in [-0.05, 0) is 72.4 Å². The number of piperazine rings is 1. The number of amides is 1. The van der Waals surface area contributed by atoms with Gasteiger partial charge < -0.3 is 9.88 Å². The third-order valence-electron chi connectivity index (χ3n) is 8.03. The number of halogens is 1. The molecule has 3 heterocycles. The van der Waals surface area contributed by atoms with Gasteiger partial charge in [0.05, 0.1) is 30.0 Å². The number of nitrogens with zero attached hydrogens (tertiary/aromatic N) is 5. The van der Waals surface area contributed by atoms with Crippen LogP contribution >= 0.6 is 11.6 Å². The molecule has 0 radical (unpaired) electrons. The maximum absolute atomic E-state index is 13.8. The number of aromatic nitrogens is 3. The summed E-state index contributed by atoms with van der Waals surface area (Å²) in [6.07, 6.45) is 8.34. The molecule has 0 saturated carbocycles. The quantitative estimate of drug-likeness (QED) is 0.356. The monoisotopic (exact) mass is 604 g/mol. The van der Waals surface area contributed by atoms with E-state index < -0.39 is 16.1 Å². The highest BCUT2D eigenvalue weighted by atomic mass is 35.5. The lowest BCUT2D eigenvalue weighted by Gasteiger charge is -2.42. The second kappa shape index (κ2) is 11.6. The van der Waals surface area contributed by atoms with Crippen LogP contribution in [-0.2, 0) is 34.2 Å². The molecule has 2 aromatic carbocycles. The Morgan fingerprint density at radius 2 is 1.88 bits per heavy atom. The van der Waals surface area contributed by atoms with E-state index in [0.717, 1.165) is 52.7 Å². The number of fused-ring (bicyclic) bond motifs is 2. The van der Waals surface area contributed by atoms with Crippen LogP contribution in [-0.4, -0.2) is 70.0 Å². The van der Waals surface area contributed by atoms with Crippen molar-refractivity contribution in [3.63, 3.8) is 0 Å². The molecule has 2 atom stereocenters. The lowest BCUT2D eigenvalue weighted by molar-refractivity contribution is -0.121. The topological polar surface area (TPSA) is 100 Å². The van der Waals surface area contributed by atoms with Crippen LogP contribution in [0.15, 0.2) is 73.3 Å². The second-order valence-corrected chi connectivity index (χ2v) is 13.4. The lowest BCUT2D eigenvalue weighted by Crippen LogP contribution is -2.59. The highest BCUT2D eigenvalue weighted by Crippen LogP contribution is 2.38. The van der Waals surface area contributed by atoms with Crippen molar-refractivity contribution in [2.45, 2.75) is 38.4 Å². The van der Waals surface area contributed by atoms with Crippen LogP contribution in [0.2, 0.25) is 5.02 Å². The van der Waals surface area contributed by atoms with Crippen LogP contribution in [0.5, 0.6) is 0 Å². The van der Waals surface area contributed by atoms with Crippen LogP contribution in [0.4, 0.5) is 5.69 Å². The zero-order valence-corrected chi connectivity index (χ0v) is 25.1. The number of sulfonamides is 1. The second-order valence-electron chi connectivity index (χ2n) is 11.1. The summed E-state index contributed by atoms with van der Waals surface area (Å²) in [6, 6.07) is 16.4. The number of nitrogens with one attached hydrogen (secondary N) is 1. The maximum Gasteiger partial charge on any atom is 0.244 e. The van der Waals surface area contributed by atoms with Crippen molar-refractivity contribution in [3.05, 3.63) is 112 Å². The van der Waals surface area contributed by atoms with E-state index in [-0.39, 0.29) is 25.0 Å². The minimum atomic E-state index is -3.64. The van der Waals surface area contributed by atoms with Crippen molar-refractivity contribution < 1.29 is 13.2 Å². The predicted octanol–water partition coefficient (Wildman–Crippen LogP) is 4.06. The molecule has 9 nitrogen and oxygen atoms in total. The number of aryl methyl sites for hydroxylation is 3. The minimum Gasteiger partial charge on any atom is -0.333 e. The molecule has 0 unspecified atom stereocenters. The third-order valence-corrected chi connectivity index (χ3v) is 9.55. The standard InChI is InChI=1S/C31H33ClN6O3S/c1-21-17-36(20-34-21)18-22-5-3-7-26(15-22)35-31(39)28-19-37(13-14-38(28)42(2,40)41)30-27-11-10-25(32)16-24(27)9-8-23-6-4-12-33-29(23)30/h3-7,10-12,15-17,20,28,30H,8-9,13-14,18-19H2,1-2H3,(H,35,39)/t28-,30+/m1/s1. The van der Waals surface area contributed by atoms with E-state index in [1.807, 2.05) is 66.2 Å². The van der Waals surface area contributed by atoms with Crippen molar-refractivity contribution in [1.29, 1.82) is 0 Å². The van der Waals surface area contributed by atoms with Crippen LogP contribution in [0.3, 0.4) is 0 Å². The molecule has 1 aliphatic heterocycles. The van der Waals surface area contributed by atoms with Crippen molar-refractivity contribution in [2.75, 3.05) is 31.2 Å². The normalized spacial score (nSPS) is 19.5. The molecule has 1 fully saturated rings. The van der Waals surface area contributed by atoms with Crippen molar-refractivity contribution in [3.8, 4) is 0 Å². The van der Waals surface area contributed by atoms with Gasteiger partial charge in [0.2, 0.25) is 15.9 Å². The first-order chi connectivity index (χ1) is 20.2. The Labute approximate surface area is 251 Å². The highest BCUT2D eigenvalue weighted by molar-refractivity contribution is 7.88. The average Bonchev–Trinajstić information content (AvgIpc) is 3.29. The number of carbonyl (C=O) groups excluding carboxylic acids is 1. The summed E-state index contributed by atoms with van der Waals surface area (Å²) >= 11 is 6.38. The van der Waals surface area contributed by atoms with E-state index in [4.69, 9.17) is 16.6 Å². The molecule has 6 rings (SSSR count). The molecule has 1 saturated heterocycles. The van der Waals surface area contributed by atoms with E-state index >= 15 is 0 Å². The van der Waals surface area contributed by atoms with E-state index in [9.17, 15) is 13.2 Å². The molecular weight excluding hydrogens is 572 g/mol. The molecule has 1 N–H and O–H groups in total. The van der Waals surface area contributed by atoms with Crippen LogP contribution < -0.4 is 5.32 Å². The lowest BCUT2D eigenvalue weighted by atomic mass is 9.95. The van der Waals surface area contributed by atoms with Gasteiger partial charge in [0.25, 0.3) is 0 Å². The molecular formula is C31H33ClN6O3S. The Hall–Kier alpha value is -3.57. The Bertz CT molecular complexity index is 1740. The molecule has 4 aromatic rings. The largest absolute Gasteiger partial charge is 0.333 e. The summed E-state index contributed by atoms with van der Waals surface area (Å²) in [5.74, 6) is -0.369. The van der Waals surface area contributed by atoms with Gasteiger partial charge in [0, 0.05) is 49.3 Å². The van der Waals surface area contributed by atoms with Gasteiger partial charge in [-0.15, -0.1) is 0 Å². The van der Waals surface area contributed by atoms with E-state index in [1.165, 1.54) is 4.31 Å². The number of hydrogen-bond donors (Lipinski definition) is 1. The zero-order valence-electron chi connectivity index (χ0n) is 23.6. The molecule has 0 bridgehead atoms. The average molecular weight is 605 g/mol. The van der Waals surface area contributed by atoms with Gasteiger partial charge in [0.1, 0.15) is 6.04 Å². The summed E-state index contributed by atoms with van der Waals surface area (Å²) in [6.45, 7) is 3.41. The summed E-state index contributed by atoms with van der Waals surface area (Å²) in [7, 11) is -3.64. The summed E-state index contributed by atoms with van der Waals surface area (Å²) in [4.78, 5) is 25.1. The summed E-state index contributed by atoms with van der Waals surface area (Å²) in [5, 5.41) is 3.67. The number of pyridine rings is 1. The smallest absolute Gasteiger partial charge is 0.244 e.